The molecule has 2 heterocycles. The minimum absolute atomic E-state index is 0.0600. The van der Waals surface area contributed by atoms with Crippen LogP contribution >= 0.6 is 0 Å². The molecule has 1 aliphatic rings. The first-order valence-corrected chi connectivity index (χ1v) is 8.19. The topological polar surface area (TPSA) is 73.4 Å². The number of carbonyl (C=O) groups is 1. The Kier molecular flexibility index (Phi) is 4.69. The minimum Gasteiger partial charge on any atom is -0.367 e. The lowest BCUT2D eigenvalue weighted by Crippen LogP contribution is -2.50. The number of carbonyl (C=O) groups excluding carboxylic acids is 1. The molecular formula is C18H24N4O2. The van der Waals surface area contributed by atoms with E-state index < -0.39 is 5.60 Å². The Morgan fingerprint density at radius 2 is 2.17 bits per heavy atom. The van der Waals surface area contributed by atoms with Gasteiger partial charge in [-0.1, -0.05) is 30.3 Å². The van der Waals surface area contributed by atoms with Crippen LogP contribution in [0.4, 0.5) is 0 Å². The molecule has 1 aromatic carbocycles. The fourth-order valence-corrected chi connectivity index (χ4v) is 3.09. The number of morpholine rings is 1. The van der Waals surface area contributed by atoms with Crippen LogP contribution in [0.15, 0.2) is 42.7 Å². The van der Waals surface area contributed by atoms with Crippen LogP contribution in [0, 0.1) is 0 Å². The van der Waals surface area contributed by atoms with E-state index in [4.69, 9.17) is 10.5 Å². The fraction of sp³-hybridized carbons (Fsp3) is 0.444. The van der Waals surface area contributed by atoms with Gasteiger partial charge in [0.05, 0.1) is 19.3 Å². The summed E-state index contributed by atoms with van der Waals surface area (Å²) in [6.07, 6.45) is 4.03. The molecule has 0 radical (unpaired) electrons. The van der Waals surface area contributed by atoms with E-state index in [1.54, 1.807) is 10.9 Å². The Morgan fingerprint density at radius 1 is 1.42 bits per heavy atom. The van der Waals surface area contributed by atoms with Crippen molar-refractivity contribution in [1.29, 1.82) is 0 Å². The van der Waals surface area contributed by atoms with Gasteiger partial charge in [0.15, 0.2) is 0 Å². The van der Waals surface area contributed by atoms with Crippen LogP contribution in [0.5, 0.6) is 0 Å². The summed E-state index contributed by atoms with van der Waals surface area (Å²) in [4.78, 5) is 14.5. The predicted octanol–water partition coefficient (Wildman–Crippen LogP) is 1.58. The molecule has 1 fully saturated rings. The van der Waals surface area contributed by atoms with Gasteiger partial charge in [-0.2, -0.15) is 5.10 Å². The van der Waals surface area contributed by atoms with Crippen molar-refractivity contribution in [2.75, 3.05) is 19.7 Å². The van der Waals surface area contributed by atoms with E-state index in [0.717, 1.165) is 11.1 Å². The molecule has 0 bridgehead atoms. The van der Waals surface area contributed by atoms with Crippen LogP contribution in [0.1, 0.15) is 30.5 Å². The first kappa shape index (κ1) is 16.7. The van der Waals surface area contributed by atoms with Gasteiger partial charge in [0.2, 0.25) is 5.91 Å². The van der Waals surface area contributed by atoms with E-state index in [1.807, 2.05) is 55.4 Å². The normalized spacial score (nSPS) is 22.4. The monoisotopic (exact) mass is 328 g/mol. The standard InChI is InChI=1S/C18H24N4O2/c1-18(15-11-20-21(2)12-15)13-22(8-9-24-18)17(23)10-16(19)14-6-4-3-5-7-14/h3-7,11-12,16H,8-10,13,19H2,1-2H3. The Balaban J connectivity index is 1.67. The van der Waals surface area contributed by atoms with Crippen molar-refractivity contribution < 1.29 is 9.53 Å². The third-order valence-electron chi connectivity index (χ3n) is 4.56. The second kappa shape index (κ2) is 6.75. The number of benzene rings is 1. The molecule has 2 aromatic rings. The number of rotatable bonds is 4. The van der Waals surface area contributed by atoms with E-state index in [9.17, 15) is 4.79 Å². The summed E-state index contributed by atoms with van der Waals surface area (Å²) in [5.74, 6) is 0.0600. The number of aromatic nitrogens is 2. The van der Waals surface area contributed by atoms with Crippen molar-refractivity contribution in [2.24, 2.45) is 12.8 Å². The third kappa shape index (κ3) is 3.49. The van der Waals surface area contributed by atoms with Gasteiger partial charge >= 0.3 is 0 Å². The molecule has 3 rings (SSSR count). The summed E-state index contributed by atoms with van der Waals surface area (Å²) in [7, 11) is 1.87. The summed E-state index contributed by atoms with van der Waals surface area (Å²) in [6.45, 7) is 3.62. The highest BCUT2D eigenvalue weighted by Crippen LogP contribution is 2.29. The summed E-state index contributed by atoms with van der Waals surface area (Å²) < 4.78 is 7.70. The molecule has 1 saturated heterocycles. The number of nitrogens with zero attached hydrogens (tertiary/aromatic N) is 3. The van der Waals surface area contributed by atoms with Crippen molar-refractivity contribution in [2.45, 2.75) is 25.0 Å². The van der Waals surface area contributed by atoms with Crippen LogP contribution < -0.4 is 5.73 Å². The van der Waals surface area contributed by atoms with Gasteiger partial charge < -0.3 is 15.4 Å². The van der Waals surface area contributed by atoms with Crippen LogP contribution in [-0.2, 0) is 22.2 Å². The number of amides is 1. The largest absolute Gasteiger partial charge is 0.367 e. The second-order valence-electron chi connectivity index (χ2n) is 6.52. The molecule has 1 amide bonds. The molecule has 1 aromatic heterocycles. The smallest absolute Gasteiger partial charge is 0.224 e. The van der Waals surface area contributed by atoms with Gasteiger partial charge in [-0.3, -0.25) is 9.48 Å². The van der Waals surface area contributed by atoms with Crippen molar-refractivity contribution >= 4 is 5.91 Å². The average Bonchev–Trinajstić information content (AvgIpc) is 3.03. The molecule has 1 aliphatic heterocycles. The van der Waals surface area contributed by atoms with E-state index >= 15 is 0 Å². The van der Waals surface area contributed by atoms with Crippen molar-refractivity contribution in [3.63, 3.8) is 0 Å². The molecule has 2 atom stereocenters. The molecule has 2 N–H and O–H groups in total. The molecule has 128 valence electrons. The summed E-state index contributed by atoms with van der Waals surface area (Å²) in [5, 5.41) is 4.21. The minimum atomic E-state index is -0.529. The summed E-state index contributed by atoms with van der Waals surface area (Å²) in [5.41, 5.74) is 7.63. The first-order valence-electron chi connectivity index (χ1n) is 8.19. The Labute approximate surface area is 142 Å². The van der Waals surface area contributed by atoms with Gasteiger partial charge in [0.1, 0.15) is 5.60 Å². The zero-order valence-electron chi connectivity index (χ0n) is 14.2. The highest BCUT2D eigenvalue weighted by molar-refractivity contribution is 5.77. The molecule has 0 saturated carbocycles. The number of ether oxygens (including phenoxy) is 1. The number of hydrogen-bond donors (Lipinski definition) is 1. The Hall–Kier alpha value is -2.18. The van der Waals surface area contributed by atoms with E-state index in [-0.39, 0.29) is 11.9 Å². The average molecular weight is 328 g/mol. The molecule has 6 heteroatoms. The lowest BCUT2D eigenvalue weighted by molar-refractivity contribution is -0.150. The maximum absolute atomic E-state index is 12.7. The maximum atomic E-state index is 12.7. The highest BCUT2D eigenvalue weighted by atomic mass is 16.5. The quantitative estimate of drug-likeness (QED) is 0.925. The highest BCUT2D eigenvalue weighted by Gasteiger charge is 2.36. The predicted molar refractivity (Wildman–Crippen MR) is 91.1 cm³/mol. The second-order valence-corrected chi connectivity index (χ2v) is 6.52. The number of hydrogen-bond acceptors (Lipinski definition) is 4. The molecule has 2 unspecified atom stereocenters. The van der Waals surface area contributed by atoms with Gasteiger partial charge in [0, 0.05) is 37.8 Å². The number of aryl methyl sites for hydroxylation is 1. The molecular weight excluding hydrogens is 304 g/mol. The van der Waals surface area contributed by atoms with Gasteiger partial charge in [0.25, 0.3) is 0 Å². The van der Waals surface area contributed by atoms with Crippen LogP contribution in [0.25, 0.3) is 0 Å². The van der Waals surface area contributed by atoms with E-state index in [0.29, 0.717) is 26.1 Å². The van der Waals surface area contributed by atoms with E-state index in [2.05, 4.69) is 5.10 Å². The van der Waals surface area contributed by atoms with Crippen molar-refractivity contribution in [3.8, 4) is 0 Å². The zero-order chi connectivity index (χ0) is 17.2. The zero-order valence-corrected chi connectivity index (χ0v) is 14.2. The number of nitrogens with two attached hydrogens (primary N) is 1. The van der Waals surface area contributed by atoms with Crippen molar-refractivity contribution in [1.82, 2.24) is 14.7 Å². The van der Waals surface area contributed by atoms with E-state index in [1.165, 1.54) is 0 Å². The fourth-order valence-electron chi connectivity index (χ4n) is 3.09. The summed E-state index contributed by atoms with van der Waals surface area (Å²) >= 11 is 0. The molecule has 0 aliphatic carbocycles. The lowest BCUT2D eigenvalue weighted by Gasteiger charge is -2.40. The van der Waals surface area contributed by atoms with Gasteiger partial charge in [-0.25, -0.2) is 0 Å². The van der Waals surface area contributed by atoms with Gasteiger partial charge in [-0.05, 0) is 12.5 Å². The molecule has 24 heavy (non-hydrogen) atoms. The first-order chi connectivity index (χ1) is 11.5. The van der Waals surface area contributed by atoms with Crippen molar-refractivity contribution in [3.05, 3.63) is 53.9 Å². The van der Waals surface area contributed by atoms with Gasteiger partial charge in [-0.15, -0.1) is 0 Å². The van der Waals surface area contributed by atoms with Crippen LogP contribution in [-0.4, -0.2) is 40.3 Å². The molecule has 0 spiro atoms. The Bertz CT molecular complexity index is 700. The summed E-state index contributed by atoms with van der Waals surface area (Å²) in [6, 6.07) is 9.45. The lowest BCUT2D eigenvalue weighted by atomic mass is 9.96. The Morgan fingerprint density at radius 3 is 2.83 bits per heavy atom. The van der Waals surface area contributed by atoms with Crippen LogP contribution in [0.2, 0.25) is 0 Å². The maximum Gasteiger partial charge on any atom is 0.224 e. The third-order valence-corrected chi connectivity index (χ3v) is 4.56. The van der Waals surface area contributed by atoms with Crippen LogP contribution in [0.3, 0.4) is 0 Å². The SMILES string of the molecule is Cn1cc(C2(C)CN(C(=O)CC(N)c3ccccc3)CCO2)cn1. The molecule has 6 nitrogen and oxygen atoms in total.